The van der Waals surface area contributed by atoms with Gasteiger partial charge in [-0.2, -0.15) is 0 Å². The van der Waals surface area contributed by atoms with Crippen LogP contribution >= 0.6 is 15.9 Å². The highest BCUT2D eigenvalue weighted by molar-refractivity contribution is 9.10. The van der Waals surface area contributed by atoms with Crippen molar-refractivity contribution in [2.45, 2.75) is 6.42 Å². The van der Waals surface area contributed by atoms with Gasteiger partial charge in [-0.3, -0.25) is 30.0 Å². The normalized spacial score (nSPS) is 14.6. The predicted octanol–water partition coefficient (Wildman–Crippen LogP) is 4.75. The number of ether oxygens (including phenoxy) is 2. The summed E-state index contributed by atoms with van der Waals surface area (Å²) in [4.78, 5) is 50.8. The van der Waals surface area contributed by atoms with Crippen molar-refractivity contribution in [2.75, 3.05) is 18.1 Å². The number of esters is 1. The second kappa shape index (κ2) is 12.0. The molecule has 3 amide bonds. The number of anilines is 1. The van der Waals surface area contributed by atoms with Crippen LogP contribution in [0.15, 0.2) is 95.5 Å². The molecule has 1 saturated heterocycles. The Hall–Kier alpha value is -4.70. The van der Waals surface area contributed by atoms with E-state index < -0.39 is 30.3 Å². The number of nitrogens with one attached hydrogen (secondary N) is 2. The number of hydrogen-bond donors (Lipinski definition) is 2. The van der Waals surface area contributed by atoms with E-state index in [1.54, 1.807) is 48.5 Å². The molecule has 0 bridgehead atoms. The summed E-state index contributed by atoms with van der Waals surface area (Å²) in [6.45, 7) is -0.465. The van der Waals surface area contributed by atoms with Crippen LogP contribution in [0.25, 0.3) is 10.8 Å². The molecule has 0 unspecified atom stereocenters. The van der Waals surface area contributed by atoms with E-state index in [-0.39, 0.29) is 18.9 Å². The van der Waals surface area contributed by atoms with Gasteiger partial charge in [-0.1, -0.05) is 52.3 Å². The highest BCUT2D eigenvalue weighted by Crippen LogP contribution is 2.32. The molecule has 0 aliphatic carbocycles. The van der Waals surface area contributed by atoms with Crippen molar-refractivity contribution in [1.82, 2.24) is 10.9 Å². The number of hydrogen-bond acceptors (Lipinski definition) is 6. The van der Waals surface area contributed by atoms with Crippen molar-refractivity contribution in [2.24, 2.45) is 5.92 Å². The summed E-state index contributed by atoms with van der Waals surface area (Å²) in [5.41, 5.74) is 5.43. The summed E-state index contributed by atoms with van der Waals surface area (Å²) in [6, 6.07) is 27.4. The minimum absolute atomic E-state index is 0.0327. The van der Waals surface area contributed by atoms with Gasteiger partial charge in [0, 0.05) is 34.1 Å². The number of benzene rings is 4. The zero-order valence-corrected chi connectivity index (χ0v) is 22.7. The van der Waals surface area contributed by atoms with E-state index in [1.807, 2.05) is 42.5 Å². The molecule has 10 heteroatoms. The molecule has 9 nitrogen and oxygen atoms in total. The van der Waals surface area contributed by atoms with Gasteiger partial charge in [-0.05, 0) is 60.0 Å². The number of rotatable bonds is 7. The molecule has 1 atom stereocenters. The fourth-order valence-corrected chi connectivity index (χ4v) is 4.58. The van der Waals surface area contributed by atoms with Crippen molar-refractivity contribution in [3.63, 3.8) is 0 Å². The molecule has 1 aliphatic heterocycles. The lowest BCUT2D eigenvalue weighted by molar-refractivity contribution is -0.152. The number of carbonyl (C=O) groups is 4. The van der Waals surface area contributed by atoms with Gasteiger partial charge in [0.15, 0.2) is 6.61 Å². The van der Waals surface area contributed by atoms with Crippen molar-refractivity contribution in [1.29, 1.82) is 0 Å². The summed E-state index contributed by atoms with van der Waals surface area (Å²) in [7, 11) is 0. The van der Waals surface area contributed by atoms with Crippen LogP contribution in [0, 0.1) is 5.92 Å². The van der Waals surface area contributed by atoms with Crippen LogP contribution in [-0.2, 0) is 19.1 Å². The molecule has 1 aliphatic rings. The van der Waals surface area contributed by atoms with Crippen LogP contribution < -0.4 is 20.5 Å². The van der Waals surface area contributed by atoms with Gasteiger partial charge in [-0.25, -0.2) is 0 Å². The number of hydrazine groups is 1. The maximum Gasteiger partial charge on any atom is 0.311 e. The smallest absolute Gasteiger partial charge is 0.311 e. The van der Waals surface area contributed by atoms with Crippen molar-refractivity contribution < 1.29 is 28.7 Å². The second-order valence-electron chi connectivity index (χ2n) is 9.10. The highest BCUT2D eigenvalue weighted by atomic mass is 79.9. The van der Waals surface area contributed by atoms with Gasteiger partial charge in [0.05, 0.1) is 5.92 Å². The number of fused-ring (bicyclic) bond motifs is 1. The van der Waals surface area contributed by atoms with Crippen molar-refractivity contribution in [3.05, 3.63) is 101 Å². The average molecular weight is 602 g/mol. The van der Waals surface area contributed by atoms with Gasteiger partial charge in [0.1, 0.15) is 11.5 Å². The van der Waals surface area contributed by atoms with Gasteiger partial charge in [-0.15, -0.1) is 0 Å². The largest absolute Gasteiger partial charge is 0.457 e. The topological polar surface area (TPSA) is 114 Å². The quantitative estimate of drug-likeness (QED) is 0.233. The summed E-state index contributed by atoms with van der Waals surface area (Å²) >= 11 is 3.28. The van der Waals surface area contributed by atoms with E-state index in [9.17, 15) is 19.2 Å². The first kappa shape index (κ1) is 26.9. The highest BCUT2D eigenvalue weighted by Gasteiger charge is 2.36. The molecular formula is C30H24BrN3O6. The lowest BCUT2D eigenvalue weighted by atomic mass is 10.1. The summed E-state index contributed by atoms with van der Waals surface area (Å²) in [5, 5.41) is 2.06. The Morgan fingerprint density at radius 1 is 0.875 bits per heavy atom. The Morgan fingerprint density at radius 3 is 2.38 bits per heavy atom. The van der Waals surface area contributed by atoms with Gasteiger partial charge in [0.2, 0.25) is 5.91 Å². The van der Waals surface area contributed by atoms with Crippen molar-refractivity contribution >= 4 is 56.1 Å². The number of nitrogens with zero attached hydrogens (tertiary/aromatic N) is 1. The second-order valence-corrected chi connectivity index (χ2v) is 10.0. The van der Waals surface area contributed by atoms with Crippen molar-refractivity contribution in [3.8, 4) is 11.5 Å². The third kappa shape index (κ3) is 6.29. The zero-order chi connectivity index (χ0) is 28.1. The van der Waals surface area contributed by atoms with E-state index in [0.29, 0.717) is 17.0 Å². The molecule has 0 spiro atoms. The maximum absolute atomic E-state index is 12.6. The zero-order valence-electron chi connectivity index (χ0n) is 21.1. The van der Waals surface area contributed by atoms with Gasteiger partial charge < -0.3 is 14.4 Å². The first-order valence-corrected chi connectivity index (χ1v) is 13.2. The molecule has 0 radical (unpaired) electrons. The molecule has 0 aromatic heterocycles. The van der Waals surface area contributed by atoms with Crippen LogP contribution in [0.4, 0.5) is 5.69 Å². The monoisotopic (exact) mass is 601 g/mol. The van der Waals surface area contributed by atoms with E-state index in [1.165, 1.54) is 4.90 Å². The van der Waals surface area contributed by atoms with E-state index in [4.69, 9.17) is 9.47 Å². The van der Waals surface area contributed by atoms with Crippen LogP contribution in [0.2, 0.25) is 0 Å². The number of carbonyl (C=O) groups excluding carboxylic acids is 4. The molecule has 5 rings (SSSR count). The Balaban J connectivity index is 1.11. The molecule has 40 heavy (non-hydrogen) atoms. The van der Waals surface area contributed by atoms with E-state index in [2.05, 4.69) is 26.8 Å². The Bertz CT molecular complexity index is 1570. The van der Waals surface area contributed by atoms with E-state index >= 15 is 0 Å². The molecule has 1 heterocycles. The average Bonchev–Trinajstić information content (AvgIpc) is 3.37. The molecule has 2 N–H and O–H groups in total. The molecule has 202 valence electrons. The number of amides is 3. The molecule has 4 aromatic rings. The fourth-order valence-electron chi connectivity index (χ4n) is 4.31. The van der Waals surface area contributed by atoms with Crippen LogP contribution in [-0.4, -0.2) is 36.8 Å². The Labute approximate surface area is 238 Å². The SMILES string of the molecule is O=C(COC(=O)[C@@H]1CC(=O)N(c2ccc(Oc3cccc4ccccc34)cc2)C1)NNC(=O)c1ccc(Br)cc1. The standard InChI is InChI=1S/C30H24BrN3O6/c31-22-10-8-20(9-11-22)29(37)33-32-27(35)18-39-30(38)21-16-28(36)34(17-21)23-12-14-24(15-13-23)40-26-7-3-5-19-4-1-2-6-25(19)26/h1-15,21H,16-18H2,(H,32,35)(H,33,37)/t21-/m1/s1. The summed E-state index contributed by atoms with van der Waals surface area (Å²) < 4.78 is 12.0. The van der Waals surface area contributed by atoms with Crippen LogP contribution in [0.3, 0.4) is 0 Å². The Morgan fingerprint density at radius 2 is 1.60 bits per heavy atom. The lowest BCUT2D eigenvalue weighted by Gasteiger charge is -2.17. The van der Waals surface area contributed by atoms with E-state index in [0.717, 1.165) is 21.0 Å². The van der Waals surface area contributed by atoms with Gasteiger partial charge in [0.25, 0.3) is 11.8 Å². The minimum atomic E-state index is -0.718. The first-order chi connectivity index (χ1) is 19.4. The Kier molecular flexibility index (Phi) is 8.07. The lowest BCUT2D eigenvalue weighted by Crippen LogP contribution is -2.43. The first-order valence-electron chi connectivity index (χ1n) is 12.4. The van der Waals surface area contributed by atoms with Crippen LogP contribution in [0.1, 0.15) is 16.8 Å². The third-order valence-electron chi connectivity index (χ3n) is 6.35. The fraction of sp³-hybridized carbons (Fsp3) is 0.133. The maximum atomic E-state index is 12.6. The predicted molar refractivity (Wildman–Crippen MR) is 152 cm³/mol. The molecule has 4 aromatic carbocycles. The minimum Gasteiger partial charge on any atom is -0.457 e. The molecule has 0 saturated carbocycles. The summed E-state index contributed by atoms with van der Waals surface area (Å²) in [5.74, 6) is -1.50. The third-order valence-corrected chi connectivity index (χ3v) is 6.88. The van der Waals surface area contributed by atoms with Gasteiger partial charge >= 0.3 is 5.97 Å². The van der Waals surface area contributed by atoms with Crippen LogP contribution in [0.5, 0.6) is 11.5 Å². The molecular weight excluding hydrogens is 578 g/mol. The number of halogens is 1. The summed E-state index contributed by atoms with van der Waals surface area (Å²) in [6.07, 6.45) is -0.0327. The molecule has 1 fully saturated rings.